The Morgan fingerprint density at radius 1 is 1.59 bits per heavy atom. The molecule has 94 valence electrons. The largest absolute Gasteiger partial charge is 0.378 e. The molecule has 2 unspecified atom stereocenters. The molecule has 0 amide bonds. The standard InChI is InChI=1S/C14H22N2O/c1-2-16-13(10-14-6-4-8-17-14)9-12-5-3-7-15-11-12/h3,5,7,11,13-14,16H,2,4,6,8-10H2,1H3. The third-order valence-electron chi connectivity index (χ3n) is 3.27. The van der Waals surface area contributed by atoms with Crippen LogP contribution in [0.25, 0.3) is 0 Å². The number of rotatable bonds is 6. The van der Waals surface area contributed by atoms with E-state index in [-0.39, 0.29) is 0 Å². The normalized spacial score (nSPS) is 21.6. The zero-order valence-corrected chi connectivity index (χ0v) is 10.6. The van der Waals surface area contributed by atoms with Gasteiger partial charge in [-0.2, -0.15) is 0 Å². The van der Waals surface area contributed by atoms with Gasteiger partial charge in [-0.05, 0) is 43.9 Å². The summed E-state index contributed by atoms with van der Waals surface area (Å²) < 4.78 is 5.71. The van der Waals surface area contributed by atoms with Gasteiger partial charge in [0.2, 0.25) is 0 Å². The molecule has 2 heterocycles. The van der Waals surface area contributed by atoms with Crippen LogP contribution in [-0.2, 0) is 11.2 Å². The average Bonchev–Trinajstić information content (AvgIpc) is 2.83. The summed E-state index contributed by atoms with van der Waals surface area (Å²) in [6.07, 6.45) is 8.83. The van der Waals surface area contributed by atoms with Gasteiger partial charge in [0, 0.05) is 25.0 Å². The Hall–Kier alpha value is -0.930. The van der Waals surface area contributed by atoms with Crippen LogP contribution in [0.3, 0.4) is 0 Å². The molecule has 0 aromatic carbocycles. The van der Waals surface area contributed by atoms with E-state index < -0.39 is 0 Å². The minimum atomic E-state index is 0.454. The lowest BCUT2D eigenvalue weighted by Crippen LogP contribution is -2.34. The van der Waals surface area contributed by atoms with Crippen LogP contribution in [-0.4, -0.2) is 30.3 Å². The third-order valence-corrected chi connectivity index (χ3v) is 3.27. The van der Waals surface area contributed by atoms with E-state index in [0.29, 0.717) is 12.1 Å². The molecule has 0 bridgehead atoms. The maximum atomic E-state index is 5.71. The quantitative estimate of drug-likeness (QED) is 0.819. The number of nitrogens with zero attached hydrogens (tertiary/aromatic N) is 1. The Labute approximate surface area is 104 Å². The molecule has 0 radical (unpaired) electrons. The minimum absolute atomic E-state index is 0.454. The maximum absolute atomic E-state index is 5.71. The predicted molar refractivity (Wildman–Crippen MR) is 69.0 cm³/mol. The summed E-state index contributed by atoms with van der Waals surface area (Å²) in [6, 6.07) is 4.66. The summed E-state index contributed by atoms with van der Waals surface area (Å²) in [5.41, 5.74) is 1.30. The Kier molecular flexibility index (Phi) is 4.95. The zero-order valence-electron chi connectivity index (χ0n) is 10.6. The van der Waals surface area contributed by atoms with E-state index in [0.717, 1.165) is 26.0 Å². The van der Waals surface area contributed by atoms with E-state index in [9.17, 15) is 0 Å². The summed E-state index contributed by atoms with van der Waals surface area (Å²) in [6.45, 7) is 4.11. The first-order valence-electron chi connectivity index (χ1n) is 6.62. The van der Waals surface area contributed by atoms with Crippen molar-refractivity contribution in [3.63, 3.8) is 0 Å². The monoisotopic (exact) mass is 234 g/mol. The molecule has 1 aromatic rings. The van der Waals surface area contributed by atoms with E-state index in [1.807, 2.05) is 18.5 Å². The summed E-state index contributed by atoms with van der Waals surface area (Å²) in [5, 5.41) is 3.55. The SMILES string of the molecule is CCNC(Cc1cccnc1)CC1CCCO1. The van der Waals surface area contributed by atoms with Crippen molar-refractivity contribution >= 4 is 0 Å². The molecule has 2 atom stereocenters. The van der Waals surface area contributed by atoms with Gasteiger partial charge in [-0.3, -0.25) is 4.98 Å². The first kappa shape index (κ1) is 12.5. The summed E-state index contributed by atoms with van der Waals surface area (Å²) in [7, 11) is 0. The fraction of sp³-hybridized carbons (Fsp3) is 0.643. The second-order valence-corrected chi connectivity index (χ2v) is 4.69. The van der Waals surface area contributed by atoms with Crippen molar-refractivity contribution in [2.24, 2.45) is 0 Å². The molecule has 1 aliphatic heterocycles. The second-order valence-electron chi connectivity index (χ2n) is 4.69. The van der Waals surface area contributed by atoms with Gasteiger partial charge >= 0.3 is 0 Å². The number of nitrogens with one attached hydrogen (secondary N) is 1. The minimum Gasteiger partial charge on any atom is -0.378 e. The van der Waals surface area contributed by atoms with Crippen LogP contribution >= 0.6 is 0 Å². The van der Waals surface area contributed by atoms with Crippen LogP contribution in [0.2, 0.25) is 0 Å². The van der Waals surface area contributed by atoms with Gasteiger partial charge in [-0.15, -0.1) is 0 Å². The number of aromatic nitrogens is 1. The van der Waals surface area contributed by atoms with Gasteiger partial charge in [0.15, 0.2) is 0 Å². The van der Waals surface area contributed by atoms with Crippen LogP contribution in [0.15, 0.2) is 24.5 Å². The van der Waals surface area contributed by atoms with Crippen LogP contribution in [0, 0.1) is 0 Å². The Morgan fingerprint density at radius 3 is 3.18 bits per heavy atom. The lowest BCUT2D eigenvalue weighted by molar-refractivity contribution is 0.0947. The Bertz CT molecular complexity index is 309. The highest BCUT2D eigenvalue weighted by molar-refractivity contribution is 5.10. The molecule has 17 heavy (non-hydrogen) atoms. The molecule has 0 saturated carbocycles. The van der Waals surface area contributed by atoms with Gasteiger partial charge < -0.3 is 10.1 Å². The summed E-state index contributed by atoms with van der Waals surface area (Å²) >= 11 is 0. The van der Waals surface area contributed by atoms with Gasteiger partial charge in [-0.1, -0.05) is 13.0 Å². The van der Waals surface area contributed by atoms with Gasteiger partial charge in [0.25, 0.3) is 0 Å². The first-order valence-corrected chi connectivity index (χ1v) is 6.62. The van der Waals surface area contributed by atoms with Gasteiger partial charge in [0.05, 0.1) is 6.10 Å². The van der Waals surface area contributed by atoms with Gasteiger partial charge in [0.1, 0.15) is 0 Å². The summed E-state index contributed by atoms with van der Waals surface area (Å²) in [5.74, 6) is 0. The molecule has 3 heteroatoms. The molecular weight excluding hydrogens is 212 g/mol. The van der Waals surface area contributed by atoms with Crippen molar-refractivity contribution in [1.82, 2.24) is 10.3 Å². The fourth-order valence-corrected chi connectivity index (χ4v) is 2.48. The van der Waals surface area contributed by atoms with Crippen LogP contribution < -0.4 is 5.32 Å². The molecule has 1 fully saturated rings. The van der Waals surface area contributed by atoms with Crippen molar-refractivity contribution < 1.29 is 4.74 Å². The molecule has 1 saturated heterocycles. The van der Waals surface area contributed by atoms with E-state index in [2.05, 4.69) is 23.3 Å². The molecule has 2 rings (SSSR count). The Morgan fingerprint density at radius 2 is 2.53 bits per heavy atom. The maximum Gasteiger partial charge on any atom is 0.0590 e. The van der Waals surface area contributed by atoms with E-state index >= 15 is 0 Å². The number of likely N-dealkylation sites (N-methyl/N-ethyl adjacent to an activating group) is 1. The summed E-state index contributed by atoms with van der Waals surface area (Å²) in [4.78, 5) is 4.17. The van der Waals surface area contributed by atoms with Crippen molar-refractivity contribution in [3.05, 3.63) is 30.1 Å². The molecule has 0 aliphatic carbocycles. The number of hydrogen-bond donors (Lipinski definition) is 1. The predicted octanol–water partition coefficient (Wildman–Crippen LogP) is 2.17. The molecular formula is C14H22N2O. The van der Waals surface area contributed by atoms with E-state index in [1.54, 1.807) is 0 Å². The van der Waals surface area contributed by atoms with Gasteiger partial charge in [-0.25, -0.2) is 0 Å². The van der Waals surface area contributed by atoms with E-state index in [1.165, 1.54) is 18.4 Å². The van der Waals surface area contributed by atoms with E-state index in [4.69, 9.17) is 4.74 Å². The first-order chi connectivity index (χ1) is 8.38. The molecule has 1 aromatic heterocycles. The highest BCUT2D eigenvalue weighted by Crippen LogP contribution is 2.18. The number of pyridine rings is 1. The lowest BCUT2D eigenvalue weighted by atomic mass is 10.0. The highest BCUT2D eigenvalue weighted by atomic mass is 16.5. The molecule has 0 spiro atoms. The second kappa shape index (κ2) is 6.72. The lowest BCUT2D eigenvalue weighted by Gasteiger charge is -2.21. The molecule has 1 aliphatic rings. The van der Waals surface area contributed by atoms with Crippen LogP contribution in [0.5, 0.6) is 0 Å². The van der Waals surface area contributed by atoms with Crippen molar-refractivity contribution in [2.75, 3.05) is 13.2 Å². The number of ether oxygens (including phenoxy) is 1. The number of hydrogen-bond acceptors (Lipinski definition) is 3. The smallest absolute Gasteiger partial charge is 0.0590 e. The highest BCUT2D eigenvalue weighted by Gasteiger charge is 2.20. The topological polar surface area (TPSA) is 34.2 Å². The zero-order chi connectivity index (χ0) is 11.9. The average molecular weight is 234 g/mol. The van der Waals surface area contributed by atoms with Crippen molar-refractivity contribution in [1.29, 1.82) is 0 Å². The Balaban J connectivity index is 1.87. The van der Waals surface area contributed by atoms with Crippen molar-refractivity contribution in [2.45, 2.75) is 44.8 Å². The fourth-order valence-electron chi connectivity index (χ4n) is 2.48. The third kappa shape index (κ3) is 4.10. The van der Waals surface area contributed by atoms with Crippen molar-refractivity contribution in [3.8, 4) is 0 Å². The molecule has 3 nitrogen and oxygen atoms in total. The molecule has 1 N–H and O–H groups in total. The van der Waals surface area contributed by atoms with Crippen LogP contribution in [0.4, 0.5) is 0 Å². The van der Waals surface area contributed by atoms with Crippen LogP contribution in [0.1, 0.15) is 31.7 Å².